The molecule has 0 aromatic heterocycles. The molecule has 4 rings (SSSR count). The number of sulfonamides is 1. The standard InChI is InChI=1S/C22H20N2O6S/c1-14-7-9-16(23-22(25)15-8-10-19-20(11-15)30-13-29-19)12-21(14)31(26,27)24-17-5-3-4-6-18(17)28-2/h3-12,24H,13H2,1-2H3,(H,23,25). The smallest absolute Gasteiger partial charge is 0.262 e. The Balaban J connectivity index is 1.58. The number of benzene rings is 3. The summed E-state index contributed by atoms with van der Waals surface area (Å²) in [5.41, 5.74) is 1.55. The van der Waals surface area contributed by atoms with Crippen LogP contribution in [0.3, 0.4) is 0 Å². The normalized spacial score (nSPS) is 12.3. The molecule has 0 saturated carbocycles. The number of fused-ring (bicyclic) bond motifs is 1. The molecule has 8 nitrogen and oxygen atoms in total. The van der Waals surface area contributed by atoms with E-state index >= 15 is 0 Å². The van der Waals surface area contributed by atoms with E-state index in [1.54, 1.807) is 61.5 Å². The number of hydrogen-bond acceptors (Lipinski definition) is 6. The fraction of sp³-hybridized carbons (Fsp3) is 0.136. The number of rotatable bonds is 6. The van der Waals surface area contributed by atoms with Gasteiger partial charge in [0.15, 0.2) is 11.5 Å². The van der Waals surface area contributed by atoms with Crippen molar-refractivity contribution in [3.63, 3.8) is 0 Å². The zero-order valence-electron chi connectivity index (χ0n) is 16.8. The van der Waals surface area contributed by atoms with E-state index in [1.165, 1.54) is 13.2 Å². The molecule has 1 heterocycles. The van der Waals surface area contributed by atoms with Gasteiger partial charge in [-0.05, 0) is 55.0 Å². The number of ether oxygens (including phenoxy) is 3. The van der Waals surface area contributed by atoms with Crippen LogP contribution in [-0.4, -0.2) is 28.2 Å². The predicted octanol–water partition coefficient (Wildman–Crippen LogP) is 3.79. The van der Waals surface area contributed by atoms with E-state index in [-0.39, 0.29) is 11.7 Å². The van der Waals surface area contributed by atoms with Crippen LogP contribution < -0.4 is 24.2 Å². The average Bonchev–Trinajstić information content (AvgIpc) is 3.23. The Morgan fingerprint density at radius 3 is 2.58 bits per heavy atom. The summed E-state index contributed by atoms with van der Waals surface area (Å²) in [5, 5.41) is 2.72. The van der Waals surface area contributed by atoms with Crippen molar-refractivity contribution >= 4 is 27.3 Å². The van der Waals surface area contributed by atoms with Crippen molar-refractivity contribution in [3.8, 4) is 17.2 Å². The van der Waals surface area contributed by atoms with Crippen molar-refractivity contribution in [2.24, 2.45) is 0 Å². The van der Waals surface area contributed by atoms with Crippen LogP contribution in [0.1, 0.15) is 15.9 Å². The molecule has 0 fully saturated rings. The summed E-state index contributed by atoms with van der Waals surface area (Å²) in [6.07, 6.45) is 0. The van der Waals surface area contributed by atoms with Crippen LogP contribution in [0.15, 0.2) is 65.6 Å². The number of carbonyl (C=O) groups excluding carboxylic acids is 1. The highest BCUT2D eigenvalue weighted by molar-refractivity contribution is 7.92. The Kier molecular flexibility index (Phi) is 5.43. The molecule has 1 aliphatic rings. The second kappa shape index (κ2) is 8.19. The largest absolute Gasteiger partial charge is 0.495 e. The number of amides is 1. The molecule has 0 unspecified atom stereocenters. The quantitative estimate of drug-likeness (QED) is 0.605. The van der Waals surface area contributed by atoms with Gasteiger partial charge < -0.3 is 19.5 Å². The van der Waals surface area contributed by atoms with Gasteiger partial charge in [-0.3, -0.25) is 9.52 Å². The molecule has 3 aromatic carbocycles. The molecule has 2 N–H and O–H groups in total. The number of carbonyl (C=O) groups is 1. The zero-order valence-corrected chi connectivity index (χ0v) is 17.7. The minimum Gasteiger partial charge on any atom is -0.495 e. The highest BCUT2D eigenvalue weighted by atomic mass is 32.2. The van der Waals surface area contributed by atoms with Crippen LogP contribution in [0.5, 0.6) is 17.2 Å². The second-order valence-electron chi connectivity index (χ2n) is 6.81. The Hall–Kier alpha value is -3.72. The molecule has 31 heavy (non-hydrogen) atoms. The molecule has 0 aliphatic carbocycles. The summed E-state index contributed by atoms with van der Waals surface area (Å²) in [6.45, 7) is 1.79. The molecular formula is C22H20N2O6S. The first-order valence-corrected chi connectivity index (χ1v) is 10.8. The predicted molar refractivity (Wildman–Crippen MR) is 115 cm³/mol. The molecule has 0 bridgehead atoms. The Morgan fingerprint density at radius 2 is 1.77 bits per heavy atom. The van der Waals surface area contributed by atoms with Gasteiger partial charge in [0.2, 0.25) is 6.79 Å². The van der Waals surface area contributed by atoms with E-state index in [2.05, 4.69) is 10.0 Å². The van der Waals surface area contributed by atoms with Gasteiger partial charge in [0.25, 0.3) is 15.9 Å². The lowest BCUT2D eigenvalue weighted by Gasteiger charge is -2.14. The van der Waals surface area contributed by atoms with Crippen molar-refractivity contribution in [2.45, 2.75) is 11.8 Å². The van der Waals surface area contributed by atoms with Gasteiger partial charge in [-0.2, -0.15) is 0 Å². The SMILES string of the molecule is COc1ccccc1NS(=O)(=O)c1cc(NC(=O)c2ccc3c(c2)OCO3)ccc1C. The molecule has 0 spiro atoms. The summed E-state index contributed by atoms with van der Waals surface area (Å²) in [6, 6.07) is 16.2. The molecule has 1 aliphatic heterocycles. The van der Waals surface area contributed by atoms with Gasteiger partial charge in [0.1, 0.15) is 5.75 Å². The fourth-order valence-electron chi connectivity index (χ4n) is 3.14. The van der Waals surface area contributed by atoms with Crippen LogP contribution in [0.4, 0.5) is 11.4 Å². The summed E-state index contributed by atoms with van der Waals surface area (Å²) in [5.74, 6) is 1.06. The number of aryl methyl sites for hydroxylation is 1. The van der Waals surface area contributed by atoms with Gasteiger partial charge in [-0.15, -0.1) is 0 Å². The highest BCUT2D eigenvalue weighted by Crippen LogP contribution is 2.33. The third-order valence-electron chi connectivity index (χ3n) is 4.72. The van der Waals surface area contributed by atoms with E-state index in [0.29, 0.717) is 39.8 Å². The first kappa shape index (κ1) is 20.5. The van der Waals surface area contributed by atoms with Gasteiger partial charge >= 0.3 is 0 Å². The van der Waals surface area contributed by atoms with E-state index in [4.69, 9.17) is 14.2 Å². The van der Waals surface area contributed by atoms with Crippen molar-refractivity contribution < 1.29 is 27.4 Å². The van der Waals surface area contributed by atoms with Crippen LogP contribution in [0, 0.1) is 6.92 Å². The monoisotopic (exact) mass is 440 g/mol. The second-order valence-corrected chi connectivity index (χ2v) is 8.46. The van der Waals surface area contributed by atoms with Crippen LogP contribution in [0.2, 0.25) is 0 Å². The first-order chi connectivity index (χ1) is 14.9. The lowest BCUT2D eigenvalue weighted by Crippen LogP contribution is -2.16. The number of methoxy groups -OCH3 is 1. The van der Waals surface area contributed by atoms with Crippen molar-refractivity contribution in [2.75, 3.05) is 23.9 Å². The maximum Gasteiger partial charge on any atom is 0.262 e. The lowest BCUT2D eigenvalue weighted by atomic mass is 10.1. The molecule has 1 amide bonds. The third-order valence-corrected chi connectivity index (χ3v) is 6.23. The van der Waals surface area contributed by atoms with Crippen LogP contribution >= 0.6 is 0 Å². The molecule has 3 aromatic rings. The lowest BCUT2D eigenvalue weighted by molar-refractivity contribution is 0.102. The van der Waals surface area contributed by atoms with E-state index < -0.39 is 15.9 Å². The van der Waals surface area contributed by atoms with Crippen LogP contribution in [0.25, 0.3) is 0 Å². The molecule has 9 heteroatoms. The minimum atomic E-state index is -3.93. The summed E-state index contributed by atoms with van der Waals surface area (Å²) in [7, 11) is -2.46. The molecule has 0 atom stereocenters. The maximum atomic E-state index is 13.0. The van der Waals surface area contributed by atoms with E-state index in [1.807, 2.05) is 0 Å². The Morgan fingerprint density at radius 1 is 1.00 bits per heavy atom. The van der Waals surface area contributed by atoms with Crippen molar-refractivity contribution in [1.82, 2.24) is 0 Å². The summed E-state index contributed by atoms with van der Waals surface area (Å²) < 4.78 is 44.3. The van der Waals surface area contributed by atoms with E-state index in [9.17, 15) is 13.2 Å². The number of hydrogen-bond donors (Lipinski definition) is 2. The zero-order chi connectivity index (χ0) is 22.0. The first-order valence-electron chi connectivity index (χ1n) is 9.35. The maximum absolute atomic E-state index is 13.0. The fourth-order valence-corrected chi connectivity index (χ4v) is 4.48. The van der Waals surface area contributed by atoms with Gasteiger partial charge in [0, 0.05) is 11.3 Å². The number of nitrogens with one attached hydrogen (secondary N) is 2. The van der Waals surface area contributed by atoms with E-state index in [0.717, 1.165) is 0 Å². The molecule has 0 radical (unpaired) electrons. The van der Waals surface area contributed by atoms with Crippen molar-refractivity contribution in [3.05, 3.63) is 71.8 Å². The number of para-hydroxylation sites is 2. The molecule has 0 saturated heterocycles. The van der Waals surface area contributed by atoms with Gasteiger partial charge in [-0.25, -0.2) is 8.42 Å². The topological polar surface area (TPSA) is 103 Å². The minimum absolute atomic E-state index is 0.0434. The average molecular weight is 440 g/mol. The summed E-state index contributed by atoms with van der Waals surface area (Å²) in [4.78, 5) is 12.7. The molecular weight excluding hydrogens is 420 g/mol. The Labute approximate surface area is 179 Å². The van der Waals surface area contributed by atoms with Crippen LogP contribution in [-0.2, 0) is 10.0 Å². The summed E-state index contributed by atoms with van der Waals surface area (Å²) >= 11 is 0. The Bertz CT molecular complexity index is 1260. The van der Waals surface area contributed by atoms with Gasteiger partial charge in [0.05, 0.1) is 17.7 Å². The molecule has 160 valence electrons. The number of anilines is 2. The third kappa shape index (κ3) is 4.26. The van der Waals surface area contributed by atoms with Crippen molar-refractivity contribution in [1.29, 1.82) is 0 Å². The highest BCUT2D eigenvalue weighted by Gasteiger charge is 2.21. The van der Waals surface area contributed by atoms with Gasteiger partial charge in [-0.1, -0.05) is 18.2 Å².